The van der Waals surface area contributed by atoms with Crippen molar-refractivity contribution in [2.75, 3.05) is 6.61 Å². The van der Waals surface area contributed by atoms with E-state index in [1.165, 1.54) is 16.7 Å². The zero-order chi connectivity index (χ0) is 19.6. The summed E-state index contributed by atoms with van der Waals surface area (Å²) in [4.78, 5) is 25.0. The van der Waals surface area contributed by atoms with Gasteiger partial charge in [-0.15, -0.1) is 0 Å². The molecule has 0 bridgehead atoms. The molecule has 5 nitrogen and oxygen atoms in total. The molecule has 0 amide bonds. The van der Waals surface area contributed by atoms with Crippen molar-refractivity contribution in [3.8, 4) is 5.75 Å². The lowest BCUT2D eigenvalue weighted by atomic mass is 9.96. The fourth-order valence-corrected chi connectivity index (χ4v) is 3.04. The number of benzene rings is 1. The normalized spacial score (nSPS) is 11.8. The molecule has 142 valence electrons. The summed E-state index contributed by atoms with van der Waals surface area (Å²) in [6.45, 7) is 8.38. The third-order valence-corrected chi connectivity index (χ3v) is 4.57. The molecule has 0 aliphatic rings. The van der Waals surface area contributed by atoms with Crippen LogP contribution in [0.1, 0.15) is 51.0 Å². The molecular formula is C19H23Cl2NO4. The first-order valence-corrected chi connectivity index (χ1v) is 9.24. The average molecular weight is 400 g/mol. The maximum atomic E-state index is 13.0. The zero-order valence-electron chi connectivity index (χ0n) is 15.4. The number of aromatic carboxylic acids is 1. The van der Waals surface area contributed by atoms with Crippen LogP contribution in [-0.4, -0.2) is 22.2 Å². The van der Waals surface area contributed by atoms with Gasteiger partial charge < -0.3 is 9.84 Å². The Labute approximate surface area is 162 Å². The minimum absolute atomic E-state index is 0.156. The van der Waals surface area contributed by atoms with Gasteiger partial charge in [-0.2, -0.15) is 0 Å². The molecule has 0 aliphatic heterocycles. The molecule has 2 rings (SSSR count). The molecule has 26 heavy (non-hydrogen) atoms. The Morgan fingerprint density at radius 2 is 1.77 bits per heavy atom. The van der Waals surface area contributed by atoms with Crippen molar-refractivity contribution < 1.29 is 14.6 Å². The van der Waals surface area contributed by atoms with E-state index in [1.807, 2.05) is 27.7 Å². The Bertz CT molecular complexity index is 897. The lowest BCUT2D eigenvalue weighted by Crippen LogP contribution is -2.32. The van der Waals surface area contributed by atoms with Crippen molar-refractivity contribution in [1.82, 2.24) is 4.57 Å². The van der Waals surface area contributed by atoms with E-state index in [1.54, 1.807) is 0 Å². The number of aromatic nitrogens is 1. The van der Waals surface area contributed by atoms with E-state index in [-0.39, 0.29) is 33.4 Å². The van der Waals surface area contributed by atoms with Crippen molar-refractivity contribution in [3.05, 3.63) is 38.2 Å². The molecule has 2 aromatic rings. The van der Waals surface area contributed by atoms with E-state index in [0.717, 1.165) is 12.8 Å². The van der Waals surface area contributed by atoms with Crippen LogP contribution in [0.15, 0.2) is 16.9 Å². The van der Waals surface area contributed by atoms with Crippen LogP contribution in [0.4, 0.5) is 0 Å². The maximum Gasteiger partial charge on any atom is 0.356 e. The first-order chi connectivity index (χ1) is 12.1. The summed E-state index contributed by atoms with van der Waals surface area (Å²) in [5.41, 5.74) is -0.890. The number of nitrogens with zero attached hydrogens (tertiary/aromatic N) is 1. The topological polar surface area (TPSA) is 68.5 Å². The largest absolute Gasteiger partial charge is 0.490 e. The molecule has 0 saturated carbocycles. The Kier molecular flexibility index (Phi) is 6.25. The summed E-state index contributed by atoms with van der Waals surface area (Å²) in [5, 5.41) is 10.9. The average Bonchev–Trinajstić information content (AvgIpc) is 2.52. The number of rotatable bonds is 6. The summed E-state index contributed by atoms with van der Waals surface area (Å²) in [5.74, 6) is -1.06. The number of carbonyl (C=O) groups is 1. The van der Waals surface area contributed by atoms with Crippen molar-refractivity contribution in [1.29, 1.82) is 0 Å². The highest BCUT2D eigenvalue weighted by atomic mass is 35.5. The Morgan fingerprint density at radius 3 is 2.27 bits per heavy atom. The summed E-state index contributed by atoms with van der Waals surface area (Å²) in [6.07, 6.45) is 1.66. The third-order valence-electron chi connectivity index (χ3n) is 3.84. The van der Waals surface area contributed by atoms with Crippen molar-refractivity contribution in [2.24, 2.45) is 5.41 Å². The summed E-state index contributed by atoms with van der Waals surface area (Å²) in [7, 11) is 0. The summed E-state index contributed by atoms with van der Waals surface area (Å²) in [6, 6.07) is 2.97. The summed E-state index contributed by atoms with van der Waals surface area (Å²) >= 11 is 12.2. The minimum Gasteiger partial charge on any atom is -0.490 e. The van der Waals surface area contributed by atoms with Gasteiger partial charge in [0.15, 0.2) is 11.4 Å². The molecule has 0 saturated heterocycles. The number of hydrogen-bond donors (Lipinski definition) is 1. The molecular weight excluding hydrogens is 377 g/mol. The number of unbranched alkanes of at least 4 members (excludes halogenated alkanes) is 1. The van der Waals surface area contributed by atoms with Crippen LogP contribution in [0.5, 0.6) is 5.75 Å². The molecule has 1 N–H and O–H groups in total. The number of carboxylic acid groups (broad SMARTS) is 1. The molecule has 7 heteroatoms. The Balaban J connectivity index is 2.89. The van der Waals surface area contributed by atoms with Gasteiger partial charge in [-0.05, 0) is 24.0 Å². The molecule has 0 atom stereocenters. The fourth-order valence-electron chi connectivity index (χ4n) is 2.71. The first-order valence-electron chi connectivity index (χ1n) is 8.48. The number of fused-ring (bicyclic) bond motifs is 1. The SMILES string of the molecule is CCCCOc1c(C(=O)O)n(CC(C)(C)C)c(=O)c2cc(Cl)c(Cl)cc12. The second-order valence-corrected chi connectivity index (χ2v) is 8.26. The van der Waals surface area contributed by atoms with Crippen LogP contribution in [0.2, 0.25) is 10.0 Å². The van der Waals surface area contributed by atoms with E-state index in [4.69, 9.17) is 27.9 Å². The molecule has 1 heterocycles. The standard InChI is InChI=1S/C19H23Cl2NO4/c1-5-6-7-26-16-11-8-13(20)14(21)9-12(11)17(23)22(10-19(2,3)4)15(16)18(24)25/h8-9H,5-7,10H2,1-4H3,(H,24,25). The lowest BCUT2D eigenvalue weighted by molar-refractivity contribution is 0.0675. The highest BCUT2D eigenvalue weighted by molar-refractivity contribution is 6.42. The van der Waals surface area contributed by atoms with E-state index in [0.29, 0.717) is 17.4 Å². The van der Waals surface area contributed by atoms with E-state index < -0.39 is 11.5 Å². The maximum absolute atomic E-state index is 13.0. The fraction of sp³-hybridized carbons (Fsp3) is 0.474. The lowest BCUT2D eigenvalue weighted by Gasteiger charge is -2.24. The number of pyridine rings is 1. The van der Waals surface area contributed by atoms with Crippen molar-refractivity contribution in [2.45, 2.75) is 47.1 Å². The van der Waals surface area contributed by atoms with Crippen molar-refractivity contribution >= 4 is 39.9 Å². The van der Waals surface area contributed by atoms with Gasteiger partial charge in [0.25, 0.3) is 5.56 Å². The van der Waals surface area contributed by atoms with Crippen LogP contribution in [0.3, 0.4) is 0 Å². The molecule has 0 unspecified atom stereocenters. The van der Waals surface area contributed by atoms with Gasteiger partial charge in [0.2, 0.25) is 0 Å². The van der Waals surface area contributed by atoms with Gasteiger partial charge in [0, 0.05) is 11.9 Å². The smallest absolute Gasteiger partial charge is 0.356 e. The number of hydrogen-bond acceptors (Lipinski definition) is 3. The second-order valence-electron chi connectivity index (χ2n) is 7.45. The highest BCUT2D eigenvalue weighted by Crippen LogP contribution is 2.35. The second kappa shape index (κ2) is 7.89. The van der Waals surface area contributed by atoms with Gasteiger partial charge in [-0.3, -0.25) is 9.36 Å². The van der Waals surface area contributed by atoms with Crippen LogP contribution in [-0.2, 0) is 6.54 Å². The number of ether oxygens (including phenoxy) is 1. The van der Waals surface area contributed by atoms with E-state index >= 15 is 0 Å². The van der Waals surface area contributed by atoms with Gasteiger partial charge >= 0.3 is 5.97 Å². The van der Waals surface area contributed by atoms with Crippen molar-refractivity contribution in [3.63, 3.8) is 0 Å². The predicted octanol–water partition coefficient (Wildman–Crippen LogP) is 5.23. The van der Waals surface area contributed by atoms with E-state index in [2.05, 4.69) is 0 Å². The molecule has 1 aromatic heterocycles. The highest BCUT2D eigenvalue weighted by Gasteiger charge is 2.26. The Hall–Kier alpha value is -1.72. The van der Waals surface area contributed by atoms with Crippen LogP contribution in [0.25, 0.3) is 10.8 Å². The quantitative estimate of drug-likeness (QED) is 0.674. The van der Waals surface area contributed by atoms with Crippen LogP contribution >= 0.6 is 23.2 Å². The van der Waals surface area contributed by atoms with E-state index in [9.17, 15) is 14.7 Å². The molecule has 0 aliphatic carbocycles. The van der Waals surface area contributed by atoms with Gasteiger partial charge in [0.05, 0.1) is 22.0 Å². The zero-order valence-corrected chi connectivity index (χ0v) is 16.9. The van der Waals surface area contributed by atoms with Gasteiger partial charge in [-0.1, -0.05) is 57.3 Å². The number of halogens is 2. The van der Waals surface area contributed by atoms with Gasteiger partial charge in [0.1, 0.15) is 0 Å². The monoisotopic (exact) mass is 399 g/mol. The Morgan fingerprint density at radius 1 is 1.19 bits per heavy atom. The molecule has 1 aromatic carbocycles. The molecule has 0 fully saturated rings. The van der Waals surface area contributed by atoms with Crippen LogP contribution in [0, 0.1) is 5.41 Å². The number of carboxylic acids is 1. The minimum atomic E-state index is -1.22. The molecule has 0 spiro atoms. The van der Waals surface area contributed by atoms with Gasteiger partial charge in [-0.25, -0.2) is 4.79 Å². The summed E-state index contributed by atoms with van der Waals surface area (Å²) < 4.78 is 7.07. The van der Waals surface area contributed by atoms with Crippen LogP contribution < -0.4 is 10.3 Å². The predicted molar refractivity (Wildman–Crippen MR) is 105 cm³/mol. The molecule has 0 radical (unpaired) electrons. The third kappa shape index (κ3) is 4.33. The first kappa shape index (κ1) is 20.6.